The van der Waals surface area contributed by atoms with E-state index in [1.807, 2.05) is 66.9 Å². The van der Waals surface area contributed by atoms with E-state index >= 15 is 0 Å². The number of nitrogens with one attached hydrogen (secondary N) is 2. The standard InChI is InChI=1S/C24H25N3O2S/c1-16(26-27-22(28)17-10-12-19(13-11-17)24(2,3)4)18-7-5-8-20(15-18)25-23(29)21-9-6-14-30-21/h5-15H,1-4H3,(H,25,29)(H,27,28). The maximum atomic E-state index is 12.4. The first-order valence-electron chi connectivity index (χ1n) is 9.64. The Morgan fingerprint density at radius 2 is 1.63 bits per heavy atom. The molecule has 0 spiro atoms. The van der Waals surface area contributed by atoms with E-state index in [-0.39, 0.29) is 17.2 Å². The van der Waals surface area contributed by atoms with Crippen molar-refractivity contribution in [1.82, 2.24) is 5.43 Å². The number of carbonyl (C=O) groups is 2. The molecule has 3 rings (SSSR count). The average molecular weight is 420 g/mol. The molecule has 154 valence electrons. The van der Waals surface area contributed by atoms with Crippen molar-refractivity contribution in [3.8, 4) is 0 Å². The molecule has 0 aliphatic rings. The van der Waals surface area contributed by atoms with E-state index in [2.05, 4.69) is 36.6 Å². The van der Waals surface area contributed by atoms with E-state index in [4.69, 9.17) is 0 Å². The van der Waals surface area contributed by atoms with Gasteiger partial charge in [-0.3, -0.25) is 9.59 Å². The molecule has 5 nitrogen and oxygen atoms in total. The van der Waals surface area contributed by atoms with Gasteiger partial charge in [0.25, 0.3) is 11.8 Å². The van der Waals surface area contributed by atoms with Crippen molar-refractivity contribution in [3.63, 3.8) is 0 Å². The van der Waals surface area contributed by atoms with Crippen LogP contribution in [0, 0.1) is 0 Å². The van der Waals surface area contributed by atoms with E-state index < -0.39 is 0 Å². The van der Waals surface area contributed by atoms with E-state index in [0.29, 0.717) is 21.8 Å². The average Bonchev–Trinajstić information content (AvgIpc) is 3.26. The fourth-order valence-electron chi connectivity index (χ4n) is 2.81. The fraction of sp³-hybridized carbons (Fsp3) is 0.208. The van der Waals surface area contributed by atoms with Crippen molar-refractivity contribution in [3.05, 3.63) is 87.6 Å². The molecule has 2 aromatic carbocycles. The molecule has 0 unspecified atom stereocenters. The Hall–Kier alpha value is -3.25. The van der Waals surface area contributed by atoms with Crippen LogP contribution in [-0.4, -0.2) is 17.5 Å². The highest BCUT2D eigenvalue weighted by Gasteiger charge is 2.14. The van der Waals surface area contributed by atoms with Crippen LogP contribution in [0.15, 0.2) is 71.1 Å². The topological polar surface area (TPSA) is 70.6 Å². The minimum Gasteiger partial charge on any atom is -0.321 e. The summed E-state index contributed by atoms with van der Waals surface area (Å²) in [5.41, 5.74) is 6.48. The Bertz CT molecular complexity index is 1060. The lowest BCUT2D eigenvalue weighted by molar-refractivity contribution is 0.0954. The number of carbonyl (C=O) groups excluding carboxylic acids is 2. The largest absolute Gasteiger partial charge is 0.321 e. The third kappa shape index (κ3) is 5.42. The van der Waals surface area contributed by atoms with E-state index in [1.54, 1.807) is 6.07 Å². The molecule has 30 heavy (non-hydrogen) atoms. The summed E-state index contributed by atoms with van der Waals surface area (Å²) in [5, 5.41) is 8.96. The molecule has 0 radical (unpaired) electrons. The molecule has 0 fully saturated rings. The number of nitrogens with zero attached hydrogens (tertiary/aromatic N) is 1. The first kappa shape index (κ1) is 21.5. The van der Waals surface area contributed by atoms with Gasteiger partial charge >= 0.3 is 0 Å². The number of hydrogen-bond donors (Lipinski definition) is 2. The predicted molar refractivity (Wildman–Crippen MR) is 124 cm³/mol. The lowest BCUT2D eigenvalue weighted by atomic mass is 9.87. The highest BCUT2D eigenvalue weighted by atomic mass is 32.1. The van der Waals surface area contributed by atoms with Gasteiger partial charge in [-0.25, -0.2) is 5.43 Å². The lowest BCUT2D eigenvalue weighted by Crippen LogP contribution is -2.20. The monoisotopic (exact) mass is 419 g/mol. The zero-order valence-electron chi connectivity index (χ0n) is 17.5. The van der Waals surface area contributed by atoms with Crippen LogP contribution in [0.1, 0.15) is 58.9 Å². The van der Waals surface area contributed by atoms with Crippen molar-refractivity contribution in [2.75, 3.05) is 5.32 Å². The van der Waals surface area contributed by atoms with Gasteiger partial charge in [0.05, 0.1) is 10.6 Å². The van der Waals surface area contributed by atoms with Crippen LogP contribution < -0.4 is 10.7 Å². The molecule has 0 bridgehead atoms. The summed E-state index contributed by atoms with van der Waals surface area (Å²) in [6, 6.07) is 18.5. The second-order valence-corrected chi connectivity index (χ2v) is 8.93. The van der Waals surface area contributed by atoms with Gasteiger partial charge in [0.1, 0.15) is 0 Å². The maximum Gasteiger partial charge on any atom is 0.271 e. The van der Waals surface area contributed by atoms with Gasteiger partial charge in [0.2, 0.25) is 0 Å². The second kappa shape index (κ2) is 9.05. The zero-order valence-corrected chi connectivity index (χ0v) is 18.3. The SMILES string of the molecule is CC(=NNC(=O)c1ccc(C(C)(C)C)cc1)c1cccc(NC(=O)c2cccs2)c1. The number of hydrazone groups is 1. The summed E-state index contributed by atoms with van der Waals surface area (Å²) in [6.45, 7) is 8.20. The summed E-state index contributed by atoms with van der Waals surface area (Å²) in [6.07, 6.45) is 0. The summed E-state index contributed by atoms with van der Waals surface area (Å²) in [7, 11) is 0. The molecule has 0 atom stereocenters. The third-order valence-electron chi connectivity index (χ3n) is 4.62. The third-order valence-corrected chi connectivity index (χ3v) is 5.49. The summed E-state index contributed by atoms with van der Waals surface area (Å²) >= 11 is 1.39. The highest BCUT2D eigenvalue weighted by Crippen LogP contribution is 2.22. The fourth-order valence-corrected chi connectivity index (χ4v) is 3.43. The molecule has 0 aliphatic carbocycles. The molecule has 1 heterocycles. The molecule has 2 amide bonds. The Labute approximate surface area is 180 Å². The zero-order chi connectivity index (χ0) is 21.7. The van der Waals surface area contributed by atoms with Gasteiger partial charge in [-0.1, -0.05) is 51.1 Å². The van der Waals surface area contributed by atoms with Gasteiger partial charge in [-0.2, -0.15) is 5.10 Å². The molecule has 3 aromatic rings. The first-order chi connectivity index (χ1) is 14.2. The summed E-state index contributed by atoms with van der Waals surface area (Å²) < 4.78 is 0. The van der Waals surface area contributed by atoms with Gasteiger partial charge in [-0.05, 0) is 59.2 Å². The molecular weight excluding hydrogens is 394 g/mol. The van der Waals surface area contributed by atoms with E-state index in [0.717, 1.165) is 5.56 Å². The molecular formula is C24H25N3O2S. The minimum atomic E-state index is -0.267. The number of amides is 2. The second-order valence-electron chi connectivity index (χ2n) is 7.98. The quantitative estimate of drug-likeness (QED) is 0.426. The molecule has 0 saturated heterocycles. The van der Waals surface area contributed by atoms with Crippen LogP contribution in [0.5, 0.6) is 0 Å². The summed E-state index contributed by atoms with van der Waals surface area (Å²) in [5.74, 6) is -0.416. The van der Waals surface area contributed by atoms with Gasteiger partial charge in [0, 0.05) is 11.3 Å². The van der Waals surface area contributed by atoms with Crippen LogP contribution in [0.4, 0.5) is 5.69 Å². The van der Waals surface area contributed by atoms with Crippen LogP contribution in [0.25, 0.3) is 0 Å². The Morgan fingerprint density at radius 1 is 0.900 bits per heavy atom. The minimum absolute atomic E-state index is 0.0354. The highest BCUT2D eigenvalue weighted by molar-refractivity contribution is 7.12. The van der Waals surface area contributed by atoms with E-state index in [9.17, 15) is 9.59 Å². The van der Waals surface area contributed by atoms with Crippen molar-refractivity contribution in [1.29, 1.82) is 0 Å². The van der Waals surface area contributed by atoms with Crippen LogP contribution >= 0.6 is 11.3 Å². The van der Waals surface area contributed by atoms with Crippen LogP contribution in [-0.2, 0) is 5.41 Å². The number of anilines is 1. The van der Waals surface area contributed by atoms with Crippen molar-refractivity contribution < 1.29 is 9.59 Å². The molecule has 1 aromatic heterocycles. The number of benzene rings is 2. The smallest absolute Gasteiger partial charge is 0.271 e. The maximum absolute atomic E-state index is 12.4. The van der Waals surface area contributed by atoms with Crippen molar-refractivity contribution in [2.45, 2.75) is 33.1 Å². The molecule has 2 N–H and O–H groups in total. The van der Waals surface area contributed by atoms with Gasteiger partial charge < -0.3 is 5.32 Å². The van der Waals surface area contributed by atoms with Gasteiger partial charge in [-0.15, -0.1) is 11.3 Å². The van der Waals surface area contributed by atoms with Crippen LogP contribution in [0.3, 0.4) is 0 Å². The van der Waals surface area contributed by atoms with Gasteiger partial charge in [0.15, 0.2) is 0 Å². The van der Waals surface area contributed by atoms with E-state index in [1.165, 1.54) is 16.9 Å². The predicted octanol–water partition coefficient (Wildman–Crippen LogP) is 5.45. The van der Waals surface area contributed by atoms with Crippen molar-refractivity contribution >= 4 is 34.6 Å². The lowest BCUT2D eigenvalue weighted by Gasteiger charge is -2.18. The Balaban J connectivity index is 1.66. The first-order valence-corrected chi connectivity index (χ1v) is 10.5. The molecule has 0 aliphatic heterocycles. The normalized spacial score (nSPS) is 11.8. The molecule has 6 heteroatoms. The Morgan fingerprint density at radius 3 is 2.27 bits per heavy atom. The Kier molecular flexibility index (Phi) is 6.47. The number of hydrogen-bond acceptors (Lipinski definition) is 4. The molecule has 0 saturated carbocycles. The summed E-state index contributed by atoms with van der Waals surface area (Å²) in [4.78, 5) is 25.3. The number of thiophene rings is 1. The van der Waals surface area contributed by atoms with Crippen molar-refractivity contribution in [2.24, 2.45) is 5.10 Å². The van der Waals surface area contributed by atoms with Crippen LogP contribution in [0.2, 0.25) is 0 Å². The number of rotatable bonds is 5.